The zero-order chi connectivity index (χ0) is 19.4. The first-order valence-electron chi connectivity index (χ1n) is 8.58. The molecule has 2 heterocycles. The number of furan rings is 1. The lowest BCUT2D eigenvalue weighted by atomic mass is 10.0. The molecule has 27 heavy (non-hydrogen) atoms. The Kier molecular flexibility index (Phi) is 5.82. The molecule has 0 radical (unpaired) electrons. The molecule has 0 spiro atoms. The molecule has 3 aromatic rings. The molecular weight excluding hydrogens is 382 g/mol. The number of amides is 1. The van der Waals surface area contributed by atoms with E-state index in [1.165, 1.54) is 23.7 Å². The number of benzene rings is 1. The van der Waals surface area contributed by atoms with Crippen LogP contribution in [-0.2, 0) is 9.84 Å². The molecule has 0 saturated heterocycles. The predicted molar refractivity (Wildman–Crippen MR) is 106 cm³/mol. The second-order valence-electron chi connectivity index (χ2n) is 6.46. The van der Waals surface area contributed by atoms with Gasteiger partial charge in [-0.3, -0.25) is 4.79 Å². The summed E-state index contributed by atoms with van der Waals surface area (Å²) in [5.41, 5.74) is 1.08. The van der Waals surface area contributed by atoms with Crippen LogP contribution in [0.25, 0.3) is 0 Å². The quantitative estimate of drug-likeness (QED) is 0.634. The van der Waals surface area contributed by atoms with E-state index in [1.807, 2.05) is 17.5 Å². The molecule has 0 aliphatic heterocycles. The van der Waals surface area contributed by atoms with Crippen molar-refractivity contribution in [1.82, 2.24) is 5.32 Å². The average Bonchev–Trinajstić information content (AvgIpc) is 3.35. The van der Waals surface area contributed by atoms with Gasteiger partial charge in [0.05, 0.1) is 11.2 Å². The van der Waals surface area contributed by atoms with E-state index in [4.69, 9.17) is 4.42 Å². The van der Waals surface area contributed by atoms with Gasteiger partial charge in [0.15, 0.2) is 15.6 Å². The van der Waals surface area contributed by atoms with Crippen molar-refractivity contribution in [2.24, 2.45) is 0 Å². The fourth-order valence-corrected chi connectivity index (χ4v) is 5.51. The molecule has 0 bridgehead atoms. The van der Waals surface area contributed by atoms with Crippen molar-refractivity contribution < 1.29 is 17.6 Å². The third-order valence-electron chi connectivity index (χ3n) is 4.30. The largest absolute Gasteiger partial charge is 0.459 e. The summed E-state index contributed by atoms with van der Waals surface area (Å²) in [6.45, 7) is 4.08. The third-order valence-corrected chi connectivity index (χ3v) is 7.54. The monoisotopic (exact) mass is 403 g/mol. The lowest BCUT2D eigenvalue weighted by Gasteiger charge is -2.17. The minimum Gasteiger partial charge on any atom is -0.459 e. The second-order valence-corrected chi connectivity index (χ2v) is 9.57. The summed E-state index contributed by atoms with van der Waals surface area (Å²) in [4.78, 5) is 13.1. The predicted octanol–water partition coefficient (Wildman–Crippen LogP) is 4.41. The third kappa shape index (κ3) is 4.31. The van der Waals surface area contributed by atoms with Gasteiger partial charge in [-0.2, -0.15) is 0 Å². The molecule has 2 aromatic heterocycles. The van der Waals surface area contributed by atoms with E-state index >= 15 is 0 Å². The molecule has 0 unspecified atom stereocenters. The van der Waals surface area contributed by atoms with Crippen LogP contribution in [0.15, 0.2) is 69.5 Å². The molecule has 5 nitrogen and oxygen atoms in total. The highest BCUT2D eigenvalue weighted by atomic mass is 32.2. The summed E-state index contributed by atoms with van der Waals surface area (Å²) in [7, 11) is -3.67. The Hall–Kier alpha value is -2.38. The molecule has 0 fully saturated rings. The Morgan fingerprint density at radius 3 is 2.41 bits per heavy atom. The zero-order valence-electron chi connectivity index (χ0n) is 15.1. The van der Waals surface area contributed by atoms with Gasteiger partial charge in [0, 0.05) is 11.4 Å². The number of nitrogens with one attached hydrogen (secondary N) is 1. The number of rotatable bonds is 7. The second kappa shape index (κ2) is 8.10. The lowest BCUT2D eigenvalue weighted by molar-refractivity contribution is 0.0926. The molecule has 0 aliphatic carbocycles. The van der Waals surface area contributed by atoms with Gasteiger partial charge in [-0.1, -0.05) is 32.0 Å². The van der Waals surface area contributed by atoms with E-state index in [9.17, 15) is 13.2 Å². The van der Waals surface area contributed by atoms with E-state index in [1.54, 1.807) is 30.3 Å². The number of thiophene rings is 1. The Morgan fingerprint density at radius 1 is 1.11 bits per heavy atom. The number of carbonyl (C=O) groups is 1. The SMILES string of the molecule is CC(C)c1ccc(S(=O)(=O)[C@@H](CNC(=O)c2ccco2)c2cccs2)cc1. The van der Waals surface area contributed by atoms with Crippen molar-refractivity contribution in [2.75, 3.05) is 6.54 Å². The molecule has 0 aliphatic rings. The van der Waals surface area contributed by atoms with Crippen LogP contribution in [0.3, 0.4) is 0 Å². The topological polar surface area (TPSA) is 76.4 Å². The van der Waals surface area contributed by atoms with Crippen LogP contribution in [0.4, 0.5) is 0 Å². The number of hydrogen-bond donors (Lipinski definition) is 1. The smallest absolute Gasteiger partial charge is 0.287 e. The van der Waals surface area contributed by atoms with E-state index in [0.29, 0.717) is 10.8 Å². The molecule has 1 aromatic carbocycles. The van der Waals surface area contributed by atoms with Crippen LogP contribution in [-0.4, -0.2) is 20.9 Å². The maximum Gasteiger partial charge on any atom is 0.287 e. The minimum atomic E-state index is -3.67. The summed E-state index contributed by atoms with van der Waals surface area (Å²) in [6, 6.07) is 13.7. The number of sulfone groups is 1. The van der Waals surface area contributed by atoms with Crippen LogP contribution in [0.1, 0.15) is 46.0 Å². The molecule has 7 heteroatoms. The Bertz CT molecular complexity index is 973. The van der Waals surface area contributed by atoms with E-state index in [2.05, 4.69) is 19.2 Å². The van der Waals surface area contributed by atoms with Gasteiger partial charge in [0.1, 0.15) is 5.25 Å². The Balaban J connectivity index is 1.87. The number of hydrogen-bond acceptors (Lipinski definition) is 5. The maximum absolute atomic E-state index is 13.2. The van der Waals surface area contributed by atoms with E-state index in [-0.39, 0.29) is 17.2 Å². The Labute approximate surface area is 163 Å². The summed E-state index contributed by atoms with van der Waals surface area (Å²) in [6.07, 6.45) is 1.40. The van der Waals surface area contributed by atoms with Crippen molar-refractivity contribution >= 4 is 27.1 Å². The fraction of sp³-hybridized carbons (Fsp3) is 0.250. The molecule has 3 rings (SSSR count). The summed E-state index contributed by atoms with van der Waals surface area (Å²) in [5.74, 6) is 0.0351. The molecule has 1 amide bonds. The molecular formula is C20H21NO4S2. The standard InChI is InChI=1S/C20H21NO4S2/c1-14(2)15-7-9-16(10-8-15)27(23,24)19(18-6-4-12-26-18)13-21-20(22)17-5-3-11-25-17/h3-12,14,19H,13H2,1-2H3,(H,21,22)/t19-/m0/s1. The van der Waals surface area contributed by atoms with Gasteiger partial charge in [-0.15, -0.1) is 11.3 Å². The first kappa shape index (κ1) is 19.4. The molecule has 0 saturated carbocycles. The van der Waals surface area contributed by atoms with Crippen molar-refractivity contribution in [2.45, 2.75) is 29.9 Å². The highest BCUT2D eigenvalue weighted by Gasteiger charge is 2.30. The first-order valence-corrected chi connectivity index (χ1v) is 11.0. The van der Waals surface area contributed by atoms with Gasteiger partial charge < -0.3 is 9.73 Å². The summed E-state index contributed by atoms with van der Waals surface area (Å²) in [5, 5.41) is 3.64. The molecule has 142 valence electrons. The molecule has 1 atom stereocenters. The normalized spacial score (nSPS) is 12.9. The van der Waals surface area contributed by atoms with Gasteiger partial charge in [-0.25, -0.2) is 8.42 Å². The molecule has 1 N–H and O–H groups in total. The lowest BCUT2D eigenvalue weighted by Crippen LogP contribution is -2.31. The van der Waals surface area contributed by atoms with E-state index in [0.717, 1.165) is 5.56 Å². The van der Waals surface area contributed by atoms with Crippen LogP contribution in [0.5, 0.6) is 0 Å². The average molecular weight is 404 g/mol. The van der Waals surface area contributed by atoms with Crippen LogP contribution >= 0.6 is 11.3 Å². The Morgan fingerprint density at radius 2 is 1.85 bits per heavy atom. The van der Waals surface area contributed by atoms with Crippen LogP contribution in [0.2, 0.25) is 0 Å². The highest BCUT2D eigenvalue weighted by Crippen LogP contribution is 2.32. The fourth-order valence-electron chi connectivity index (χ4n) is 2.72. The first-order chi connectivity index (χ1) is 12.9. The summed E-state index contributed by atoms with van der Waals surface area (Å²) >= 11 is 1.36. The maximum atomic E-state index is 13.2. The van der Waals surface area contributed by atoms with Crippen molar-refractivity contribution in [1.29, 1.82) is 0 Å². The van der Waals surface area contributed by atoms with Crippen molar-refractivity contribution in [3.05, 3.63) is 76.4 Å². The van der Waals surface area contributed by atoms with Crippen molar-refractivity contribution in [3.63, 3.8) is 0 Å². The summed E-state index contributed by atoms with van der Waals surface area (Å²) < 4.78 is 31.6. The van der Waals surface area contributed by atoms with Crippen LogP contribution in [0, 0.1) is 0 Å². The van der Waals surface area contributed by atoms with Gasteiger partial charge in [0.25, 0.3) is 5.91 Å². The number of carbonyl (C=O) groups excluding carboxylic acids is 1. The van der Waals surface area contributed by atoms with Crippen LogP contribution < -0.4 is 5.32 Å². The van der Waals surface area contributed by atoms with Gasteiger partial charge in [0.2, 0.25) is 0 Å². The van der Waals surface area contributed by atoms with Gasteiger partial charge in [-0.05, 0) is 47.2 Å². The highest BCUT2D eigenvalue weighted by molar-refractivity contribution is 7.91. The van der Waals surface area contributed by atoms with E-state index < -0.39 is 21.0 Å². The van der Waals surface area contributed by atoms with Crippen molar-refractivity contribution in [3.8, 4) is 0 Å². The zero-order valence-corrected chi connectivity index (χ0v) is 16.7. The minimum absolute atomic E-state index is 0.0334. The van der Waals surface area contributed by atoms with Gasteiger partial charge >= 0.3 is 0 Å².